The third-order valence-electron chi connectivity index (χ3n) is 2.49. The summed E-state index contributed by atoms with van der Waals surface area (Å²) in [5, 5.41) is 2.92. The topological polar surface area (TPSA) is 90.1 Å². The number of ketones is 1. The predicted octanol–water partition coefficient (Wildman–Crippen LogP) is 0.451. The van der Waals surface area contributed by atoms with Crippen LogP contribution in [0.25, 0.3) is 0 Å². The molecule has 1 aliphatic heterocycles. The Labute approximate surface area is 93.0 Å². The standard InChI is InChI=1S/C9H12N2O4S/c1-6(12)5-8-10-9(15-11-8)7-3-2-4-16(7,13)14/h7H,2-5H2,1H3. The molecule has 0 spiro atoms. The van der Waals surface area contributed by atoms with Crippen LogP contribution in [0.5, 0.6) is 0 Å². The summed E-state index contributed by atoms with van der Waals surface area (Å²) in [4.78, 5) is 14.8. The number of hydrogen-bond donors (Lipinski definition) is 0. The van der Waals surface area contributed by atoms with Gasteiger partial charge in [0.25, 0.3) is 0 Å². The average Bonchev–Trinajstić information content (AvgIpc) is 2.70. The third-order valence-corrected chi connectivity index (χ3v) is 4.66. The molecule has 0 amide bonds. The van der Waals surface area contributed by atoms with Crippen molar-refractivity contribution in [3.63, 3.8) is 0 Å². The van der Waals surface area contributed by atoms with Crippen LogP contribution in [0.3, 0.4) is 0 Å². The number of hydrogen-bond acceptors (Lipinski definition) is 6. The lowest BCUT2D eigenvalue weighted by atomic mass is 10.2. The molecule has 1 saturated heterocycles. The molecular weight excluding hydrogens is 232 g/mol. The molecule has 1 unspecified atom stereocenters. The summed E-state index contributed by atoms with van der Waals surface area (Å²) >= 11 is 0. The van der Waals surface area contributed by atoms with Gasteiger partial charge in [0.15, 0.2) is 15.7 Å². The molecule has 1 atom stereocenters. The van der Waals surface area contributed by atoms with Gasteiger partial charge in [0.2, 0.25) is 5.89 Å². The quantitative estimate of drug-likeness (QED) is 0.766. The van der Waals surface area contributed by atoms with E-state index in [1.165, 1.54) is 6.92 Å². The molecule has 0 radical (unpaired) electrons. The number of rotatable bonds is 3. The van der Waals surface area contributed by atoms with Gasteiger partial charge in [-0.15, -0.1) is 0 Å². The summed E-state index contributed by atoms with van der Waals surface area (Å²) in [7, 11) is -3.14. The Morgan fingerprint density at radius 3 is 2.88 bits per heavy atom. The van der Waals surface area contributed by atoms with E-state index in [0.717, 1.165) is 0 Å². The first kappa shape index (κ1) is 11.3. The van der Waals surface area contributed by atoms with Gasteiger partial charge in [0, 0.05) is 0 Å². The highest BCUT2D eigenvalue weighted by molar-refractivity contribution is 7.91. The Morgan fingerprint density at radius 2 is 2.31 bits per heavy atom. The molecule has 1 aromatic heterocycles. The zero-order valence-electron chi connectivity index (χ0n) is 8.84. The first-order valence-electron chi connectivity index (χ1n) is 5.02. The van der Waals surface area contributed by atoms with Crippen molar-refractivity contribution < 1.29 is 17.7 Å². The molecule has 0 aromatic carbocycles. The Bertz CT molecular complexity index is 505. The first-order valence-corrected chi connectivity index (χ1v) is 6.74. The fraction of sp³-hybridized carbons (Fsp3) is 0.667. The lowest BCUT2D eigenvalue weighted by molar-refractivity contribution is -0.116. The second-order valence-electron chi connectivity index (χ2n) is 3.93. The van der Waals surface area contributed by atoms with Crippen LogP contribution >= 0.6 is 0 Å². The summed E-state index contributed by atoms with van der Waals surface area (Å²) in [5.74, 6) is 0.460. The number of Topliss-reactive ketones (excluding diaryl/α,β-unsaturated/α-hetero) is 1. The lowest BCUT2D eigenvalue weighted by Crippen LogP contribution is -2.08. The summed E-state index contributed by atoms with van der Waals surface area (Å²) in [6.45, 7) is 1.42. The third kappa shape index (κ3) is 2.13. The molecular formula is C9H12N2O4S. The zero-order valence-corrected chi connectivity index (χ0v) is 9.66. The number of aromatic nitrogens is 2. The minimum atomic E-state index is -3.14. The number of nitrogens with zero attached hydrogens (tertiary/aromatic N) is 2. The van der Waals surface area contributed by atoms with Gasteiger partial charge in [0.1, 0.15) is 11.0 Å². The number of carbonyl (C=O) groups is 1. The van der Waals surface area contributed by atoms with Crippen molar-refractivity contribution >= 4 is 15.6 Å². The maximum atomic E-state index is 11.6. The lowest BCUT2D eigenvalue weighted by Gasteiger charge is -2.01. The molecule has 0 N–H and O–H groups in total. The molecule has 6 nitrogen and oxygen atoms in total. The predicted molar refractivity (Wildman–Crippen MR) is 54.4 cm³/mol. The van der Waals surface area contributed by atoms with Crippen molar-refractivity contribution in [2.75, 3.05) is 5.75 Å². The molecule has 2 rings (SSSR count). The minimum Gasteiger partial charge on any atom is -0.338 e. The SMILES string of the molecule is CC(=O)Cc1noc(C2CCCS2(=O)=O)n1. The van der Waals surface area contributed by atoms with Crippen LogP contribution in [-0.4, -0.2) is 30.1 Å². The Balaban J connectivity index is 2.22. The van der Waals surface area contributed by atoms with Crippen LogP contribution in [0.1, 0.15) is 36.7 Å². The number of sulfone groups is 1. The molecule has 7 heteroatoms. The maximum absolute atomic E-state index is 11.6. The average molecular weight is 244 g/mol. The fourth-order valence-electron chi connectivity index (χ4n) is 1.76. The van der Waals surface area contributed by atoms with Crippen LogP contribution in [0.4, 0.5) is 0 Å². The highest BCUT2D eigenvalue weighted by Gasteiger charge is 2.36. The van der Waals surface area contributed by atoms with Gasteiger partial charge in [-0.1, -0.05) is 5.16 Å². The van der Waals surface area contributed by atoms with Gasteiger partial charge in [-0.05, 0) is 19.8 Å². The summed E-state index contributed by atoms with van der Waals surface area (Å²) in [5.41, 5.74) is 0. The van der Waals surface area contributed by atoms with Gasteiger partial charge in [-0.3, -0.25) is 4.79 Å². The van der Waals surface area contributed by atoms with Gasteiger partial charge in [0.05, 0.1) is 12.2 Å². The van der Waals surface area contributed by atoms with Crippen molar-refractivity contribution in [2.45, 2.75) is 31.4 Å². The highest BCUT2D eigenvalue weighted by Crippen LogP contribution is 2.33. The van der Waals surface area contributed by atoms with Crippen molar-refractivity contribution in [3.8, 4) is 0 Å². The van der Waals surface area contributed by atoms with Crippen LogP contribution in [0.15, 0.2) is 4.52 Å². The highest BCUT2D eigenvalue weighted by atomic mass is 32.2. The van der Waals surface area contributed by atoms with Crippen molar-refractivity contribution in [3.05, 3.63) is 11.7 Å². The normalized spacial score (nSPS) is 23.4. The molecule has 1 aromatic rings. The summed E-state index contributed by atoms with van der Waals surface area (Å²) in [6, 6.07) is 0. The van der Waals surface area contributed by atoms with E-state index < -0.39 is 15.1 Å². The van der Waals surface area contributed by atoms with Gasteiger partial charge >= 0.3 is 0 Å². The fourth-order valence-corrected chi connectivity index (χ4v) is 3.54. The Kier molecular flexibility index (Phi) is 2.79. The van der Waals surface area contributed by atoms with Gasteiger partial charge in [-0.2, -0.15) is 4.98 Å². The summed E-state index contributed by atoms with van der Waals surface area (Å²) in [6.07, 6.45) is 1.22. The zero-order chi connectivity index (χ0) is 11.8. The van der Waals surface area contributed by atoms with Crippen LogP contribution in [0.2, 0.25) is 0 Å². The van der Waals surface area contributed by atoms with Crippen molar-refractivity contribution in [1.29, 1.82) is 0 Å². The van der Waals surface area contributed by atoms with E-state index in [1.54, 1.807) is 0 Å². The van der Waals surface area contributed by atoms with Crippen LogP contribution in [0, 0.1) is 0 Å². The molecule has 0 saturated carbocycles. The van der Waals surface area contributed by atoms with E-state index in [4.69, 9.17) is 4.52 Å². The molecule has 1 aliphatic rings. The van der Waals surface area contributed by atoms with E-state index in [0.29, 0.717) is 12.8 Å². The monoisotopic (exact) mass is 244 g/mol. The van der Waals surface area contributed by atoms with Crippen molar-refractivity contribution in [1.82, 2.24) is 10.1 Å². The summed E-state index contributed by atoms with van der Waals surface area (Å²) < 4.78 is 28.1. The second-order valence-corrected chi connectivity index (χ2v) is 6.23. The van der Waals surface area contributed by atoms with Crippen molar-refractivity contribution in [2.24, 2.45) is 0 Å². The molecule has 2 heterocycles. The molecule has 88 valence electrons. The van der Waals surface area contributed by atoms with Gasteiger partial charge < -0.3 is 4.52 Å². The smallest absolute Gasteiger partial charge is 0.244 e. The van der Waals surface area contributed by atoms with E-state index in [2.05, 4.69) is 10.1 Å². The second kappa shape index (κ2) is 3.97. The Morgan fingerprint density at radius 1 is 1.56 bits per heavy atom. The Hall–Kier alpha value is -1.24. The largest absolute Gasteiger partial charge is 0.338 e. The van der Waals surface area contributed by atoms with Crippen LogP contribution in [-0.2, 0) is 21.1 Å². The molecule has 0 aliphatic carbocycles. The van der Waals surface area contributed by atoms with E-state index >= 15 is 0 Å². The van der Waals surface area contributed by atoms with Crippen LogP contribution < -0.4 is 0 Å². The van der Waals surface area contributed by atoms with E-state index in [1.807, 2.05) is 0 Å². The number of carbonyl (C=O) groups excluding carboxylic acids is 1. The van der Waals surface area contributed by atoms with E-state index in [9.17, 15) is 13.2 Å². The molecule has 1 fully saturated rings. The van der Waals surface area contributed by atoms with Gasteiger partial charge in [-0.25, -0.2) is 8.42 Å². The maximum Gasteiger partial charge on any atom is 0.244 e. The van der Waals surface area contributed by atoms with E-state index in [-0.39, 0.29) is 29.7 Å². The minimum absolute atomic E-state index is 0.0796. The molecule has 0 bridgehead atoms. The first-order chi connectivity index (χ1) is 7.49. The molecule has 16 heavy (non-hydrogen) atoms.